The second-order valence-electron chi connectivity index (χ2n) is 4.16. The summed E-state index contributed by atoms with van der Waals surface area (Å²) in [6.45, 7) is 0. The van der Waals surface area contributed by atoms with E-state index >= 15 is 0 Å². The van der Waals surface area contributed by atoms with Gasteiger partial charge in [-0.05, 0) is 30.3 Å². The van der Waals surface area contributed by atoms with Crippen molar-refractivity contribution in [3.05, 3.63) is 0 Å². The van der Waals surface area contributed by atoms with Gasteiger partial charge < -0.3 is 15.3 Å². The van der Waals surface area contributed by atoms with Crippen molar-refractivity contribution in [2.45, 2.75) is 31.3 Å². The van der Waals surface area contributed by atoms with E-state index in [0.29, 0.717) is 12.2 Å². The molecule has 0 aromatic rings. The molecule has 1 saturated heterocycles. The Bertz CT molecular complexity index is 256. The van der Waals surface area contributed by atoms with Crippen LogP contribution in [-0.4, -0.2) is 44.4 Å². The van der Waals surface area contributed by atoms with Gasteiger partial charge in [0, 0.05) is 0 Å². The average molecular weight is 248 g/mol. The number of thioether (sulfide) groups is 1. The number of carboxylic acids is 2. The number of aliphatic carboxylic acids is 2. The topological polar surface area (TPSA) is 94.8 Å². The maximum atomic E-state index is 10.7. The lowest BCUT2D eigenvalue weighted by Gasteiger charge is -2.36. The third-order valence-corrected chi connectivity index (χ3v) is 4.05. The van der Waals surface area contributed by atoms with Crippen LogP contribution in [0.15, 0.2) is 0 Å². The first-order valence-corrected chi connectivity index (χ1v) is 6.33. The van der Waals surface area contributed by atoms with Crippen LogP contribution in [0.4, 0.5) is 0 Å². The Kier molecular flexibility index (Phi) is 4.61. The second kappa shape index (κ2) is 5.54. The highest BCUT2D eigenvalue weighted by Crippen LogP contribution is 2.35. The molecule has 0 bridgehead atoms. The minimum Gasteiger partial charge on any atom is -0.481 e. The highest BCUT2D eigenvalue weighted by molar-refractivity contribution is 7.99. The van der Waals surface area contributed by atoms with E-state index in [4.69, 9.17) is 10.2 Å². The number of aliphatic hydroxyl groups is 1. The van der Waals surface area contributed by atoms with Crippen LogP contribution >= 0.6 is 11.8 Å². The third-order valence-electron chi connectivity index (χ3n) is 2.83. The van der Waals surface area contributed by atoms with Gasteiger partial charge in [0.15, 0.2) is 0 Å². The van der Waals surface area contributed by atoms with Gasteiger partial charge in [0.1, 0.15) is 0 Å². The summed E-state index contributed by atoms with van der Waals surface area (Å²) in [5, 5.41) is 27.7. The van der Waals surface area contributed by atoms with Gasteiger partial charge in [-0.1, -0.05) is 0 Å². The first kappa shape index (κ1) is 13.3. The molecule has 5 nitrogen and oxygen atoms in total. The van der Waals surface area contributed by atoms with Crippen molar-refractivity contribution in [3.8, 4) is 0 Å². The normalized spacial score (nSPS) is 21.7. The highest BCUT2D eigenvalue weighted by atomic mass is 32.2. The third kappa shape index (κ3) is 3.68. The summed E-state index contributed by atoms with van der Waals surface area (Å²) < 4.78 is 0. The molecule has 1 rings (SSSR count). The van der Waals surface area contributed by atoms with E-state index < -0.39 is 30.4 Å². The molecule has 3 N–H and O–H groups in total. The smallest absolute Gasteiger partial charge is 0.306 e. The Hall–Kier alpha value is -0.750. The van der Waals surface area contributed by atoms with Crippen molar-refractivity contribution in [2.24, 2.45) is 5.92 Å². The Morgan fingerprint density at radius 3 is 2.19 bits per heavy atom. The summed E-state index contributed by atoms with van der Waals surface area (Å²) in [5.74, 6) is -0.916. The largest absolute Gasteiger partial charge is 0.481 e. The van der Waals surface area contributed by atoms with Gasteiger partial charge in [0.2, 0.25) is 0 Å². The molecule has 0 aromatic carbocycles. The van der Waals surface area contributed by atoms with E-state index in [9.17, 15) is 14.7 Å². The number of hydrogen-bond donors (Lipinski definition) is 3. The fourth-order valence-corrected chi connectivity index (χ4v) is 3.34. The van der Waals surface area contributed by atoms with E-state index in [0.717, 1.165) is 12.2 Å². The van der Waals surface area contributed by atoms with Crippen molar-refractivity contribution in [3.63, 3.8) is 0 Å². The molecule has 92 valence electrons. The van der Waals surface area contributed by atoms with Gasteiger partial charge in [0.05, 0.1) is 18.4 Å². The number of carbonyl (C=O) groups is 2. The predicted octanol–water partition coefficient (Wildman–Crippen LogP) is 0.810. The van der Waals surface area contributed by atoms with E-state index in [2.05, 4.69) is 0 Å². The Morgan fingerprint density at radius 1 is 1.25 bits per heavy atom. The molecular weight excluding hydrogens is 232 g/mol. The summed E-state index contributed by atoms with van der Waals surface area (Å²) in [7, 11) is 0. The van der Waals surface area contributed by atoms with E-state index in [1.165, 1.54) is 0 Å². The van der Waals surface area contributed by atoms with E-state index in [1.54, 1.807) is 11.8 Å². The van der Waals surface area contributed by atoms with Crippen LogP contribution in [-0.2, 0) is 9.59 Å². The SMILES string of the molecule is O=C(O)CC(O)(CC(=O)O)C1CCCSC1. The maximum Gasteiger partial charge on any atom is 0.306 e. The van der Waals surface area contributed by atoms with Crippen molar-refractivity contribution in [1.82, 2.24) is 0 Å². The molecule has 1 unspecified atom stereocenters. The van der Waals surface area contributed by atoms with Crippen molar-refractivity contribution in [1.29, 1.82) is 0 Å². The Morgan fingerprint density at radius 2 is 1.81 bits per heavy atom. The minimum absolute atomic E-state index is 0.238. The zero-order chi connectivity index (χ0) is 12.2. The summed E-state index contributed by atoms with van der Waals surface area (Å²) in [5.41, 5.74) is -1.61. The van der Waals surface area contributed by atoms with Crippen LogP contribution in [0.2, 0.25) is 0 Å². The van der Waals surface area contributed by atoms with Crippen LogP contribution in [0.5, 0.6) is 0 Å². The van der Waals surface area contributed by atoms with Crippen LogP contribution in [0.1, 0.15) is 25.7 Å². The molecule has 0 aromatic heterocycles. The first-order chi connectivity index (χ1) is 7.44. The van der Waals surface area contributed by atoms with E-state index in [1.807, 2.05) is 0 Å². The highest BCUT2D eigenvalue weighted by Gasteiger charge is 2.41. The molecule has 0 radical (unpaired) electrons. The molecule has 1 aliphatic heterocycles. The van der Waals surface area contributed by atoms with Crippen molar-refractivity contribution < 1.29 is 24.9 Å². The minimum atomic E-state index is -1.61. The van der Waals surface area contributed by atoms with Gasteiger partial charge in [-0.15, -0.1) is 0 Å². The van der Waals surface area contributed by atoms with Gasteiger partial charge >= 0.3 is 11.9 Å². The second-order valence-corrected chi connectivity index (χ2v) is 5.31. The average Bonchev–Trinajstić information content (AvgIpc) is 2.16. The van der Waals surface area contributed by atoms with Crippen molar-refractivity contribution in [2.75, 3.05) is 11.5 Å². The number of rotatable bonds is 5. The fourth-order valence-electron chi connectivity index (χ4n) is 2.04. The lowest BCUT2D eigenvalue weighted by molar-refractivity contribution is -0.152. The monoisotopic (exact) mass is 248 g/mol. The number of hydrogen-bond acceptors (Lipinski definition) is 4. The van der Waals surface area contributed by atoms with Crippen LogP contribution in [0.3, 0.4) is 0 Å². The Balaban J connectivity index is 2.74. The van der Waals surface area contributed by atoms with E-state index in [-0.39, 0.29) is 5.92 Å². The molecule has 0 saturated carbocycles. The Labute approximate surface area is 97.8 Å². The lowest BCUT2D eigenvalue weighted by Crippen LogP contribution is -2.44. The molecule has 1 aliphatic rings. The van der Waals surface area contributed by atoms with Crippen LogP contribution in [0.25, 0.3) is 0 Å². The summed E-state index contributed by atoms with van der Waals surface area (Å²) in [6, 6.07) is 0. The molecule has 0 amide bonds. The summed E-state index contributed by atoms with van der Waals surface area (Å²) >= 11 is 1.64. The molecule has 1 heterocycles. The van der Waals surface area contributed by atoms with Crippen molar-refractivity contribution >= 4 is 23.7 Å². The van der Waals surface area contributed by atoms with Crippen LogP contribution in [0, 0.1) is 5.92 Å². The molecule has 1 atom stereocenters. The molecule has 6 heteroatoms. The molecule has 16 heavy (non-hydrogen) atoms. The van der Waals surface area contributed by atoms with Gasteiger partial charge in [0.25, 0.3) is 0 Å². The van der Waals surface area contributed by atoms with Gasteiger partial charge in [-0.2, -0.15) is 11.8 Å². The van der Waals surface area contributed by atoms with Gasteiger partial charge in [-0.3, -0.25) is 9.59 Å². The summed E-state index contributed by atoms with van der Waals surface area (Å²) in [6.07, 6.45) is 0.607. The van der Waals surface area contributed by atoms with Gasteiger partial charge in [-0.25, -0.2) is 0 Å². The zero-order valence-corrected chi connectivity index (χ0v) is 9.70. The van der Waals surface area contributed by atoms with Crippen LogP contribution < -0.4 is 0 Å². The predicted molar refractivity (Wildman–Crippen MR) is 59.5 cm³/mol. The number of carboxylic acid groups (broad SMARTS) is 2. The lowest BCUT2D eigenvalue weighted by atomic mass is 9.80. The summed E-state index contributed by atoms with van der Waals surface area (Å²) in [4.78, 5) is 21.4. The fraction of sp³-hybridized carbons (Fsp3) is 0.800. The zero-order valence-electron chi connectivity index (χ0n) is 8.89. The quantitative estimate of drug-likeness (QED) is 0.666. The molecule has 1 fully saturated rings. The molecular formula is C10H16O5S. The maximum absolute atomic E-state index is 10.7. The first-order valence-electron chi connectivity index (χ1n) is 5.18. The standard InChI is InChI=1S/C10H16O5S/c11-8(12)4-10(15,5-9(13)14)7-2-1-3-16-6-7/h7,15H,1-6H2,(H,11,12)(H,13,14). The molecule has 0 aliphatic carbocycles. The molecule has 0 spiro atoms.